The van der Waals surface area contributed by atoms with E-state index in [0.29, 0.717) is 11.6 Å². The Morgan fingerprint density at radius 2 is 1.75 bits per heavy atom. The van der Waals surface area contributed by atoms with Crippen LogP contribution in [0.2, 0.25) is 0 Å². The highest BCUT2D eigenvalue weighted by Crippen LogP contribution is 2.80. The predicted octanol–water partition coefficient (Wildman–Crippen LogP) is 3.97. The summed E-state index contributed by atoms with van der Waals surface area (Å²) in [7, 11) is 0. The van der Waals surface area contributed by atoms with Crippen molar-refractivity contribution in [3.63, 3.8) is 0 Å². The van der Waals surface area contributed by atoms with Gasteiger partial charge < -0.3 is 10.4 Å². The summed E-state index contributed by atoms with van der Waals surface area (Å²) >= 11 is 0. The van der Waals surface area contributed by atoms with Gasteiger partial charge in [-0.05, 0) is 58.9 Å². The molecule has 3 aliphatic carbocycles. The van der Waals surface area contributed by atoms with E-state index in [2.05, 4.69) is 25.8 Å². The maximum atomic E-state index is 16.1. The first-order chi connectivity index (χ1) is 16.8. The number of hydrogen-bond donors (Lipinski definition) is 2. The van der Waals surface area contributed by atoms with Gasteiger partial charge in [0, 0.05) is 23.2 Å². The van der Waals surface area contributed by atoms with E-state index in [0.717, 1.165) is 23.1 Å². The number of hydrogen-bond acceptors (Lipinski definition) is 6. The van der Waals surface area contributed by atoms with Crippen LogP contribution in [0.25, 0.3) is 0 Å². The molecule has 14 heteroatoms. The molecule has 3 aromatic rings. The van der Waals surface area contributed by atoms with Crippen molar-refractivity contribution in [1.82, 2.24) is 25.2 Å². The monoisotopic (exact) mass is 516 g/mol. The van der Waals surface area contributed by atoms with Crippen molar-refractivity contribution in [2.24, 2.45) is 5.41 Å². The molecule has 2 aromatic heterocycles. The molecule has 2 bridgehead atoms. The molecule has 2 N–H and O–H groups in total. The fourth-order valence-electron chi connectivity index (χ4n) is 5.53. The zero-order valence-corrected chi connectivity index (χ0v) is 18.4. The lowest BCUT2D eigenvalue weighted by molar-refractivity contribution is -0.347. The summed E-state index contributed by atoms with van der Waals surface area (Å²) in [5, 5.41) is 23.7. The Kier molecular flexibility index (Phi) is 5.32. The third kappa shape index (κ3) is 3.69. The lowest BCUT2D eigenvalue weighted by Crippen LogP contribution is -2.76. The Bertz CT molecular complexity index is 1250. The molecule has 0 aliphatic heterocycles. The topological polar surface area (TPSA) is 88.8 Å². The Balaban J connectivity index is 1.39. The van der Waals surface area contributed by atoms with Crippen LogP contribution in [0.5, 0.6) is 0 Å². The second kappa shape index (κ2) is 7.85. The number of pyridine rings is 1. The van der Waals surface area contributed by atoms with Crippen molar-refractivity contribution in [3.8, 4) is 0 Å². The number of aromatic nitrogens is 5. The summed E-state index contributed by atoms with van der Waals surface area (Å²) in [4.78, 5) is 3.95. The van der Waals surface area contributed by atoms with E-state index in [9.17, 15) is 27.1 Å². The van der Waals surface area contributed by atoms with E-state index in [1.807, 2.05) is 0 Å². The van der Waals surface area contributed by atoms with Gasteiger partial charge in [-0.3, -0.25) is 0 Å². The van der Waals surface area contributed by atoms with E-state index < -0.39 is 58.8 Å². The van der Waals surface area contributed by atoms with Crippen LogP contribution in [0.4, 0.5) is 36.6 Å². The zero-order valence-electron chi connectivity index (χ0n) is 18.4. The van der Waals surface area contributed by atoms with Crippen LogP contribution >= 0.6 is 0 Å². The molecule has 3 aliphatic rings. The van der Waals surface area contributed by atoms with Crippen molar-refractivity contribution < 1.29 is 35.8 Å². The smallest absolute Gasteiger partial charge is 0.377 e. The van der Waals surface area contributed by atoms with Crippen molar-refractivity contribution in [1.29, 1.82) is 0 Å². The molecule has 3 saturated carbocycles. The van der Waals surface area contributed by atoms with Gasteiger partial charge in [0.05, 0.1) is 6.54 Å². The quantitative estimate of drug-likeness (QED) is 0.441. The van der Waals surface area contributed by atoms with Crippen LogP contribution < -0.4 is 5.32 Å². The average molecular weight is 516 g/mol. The van der Waals surface area contributed by atoms with Crippen LogP contribution in [0.1, 0.15) is 30.4 Å². The maximum absolute atomic E-state index is 16.1. The number of tetrazole rings is 1. The second-order valence-electron chi connectivity index (χ2n) is 9.56. The molecule has 0 radical (unpaired) electrons. The number of nitrogens with one attached hydrogen (secondary N) is 1. The summed E-state index contributed by atoms with van der Waals surface area (Å²) in [6.45, 7) is -2.15. The summed E-state index contributed by atoms with van der Waals surface area (Å²) < 4.78 is 98.4. The first kappa shape index (κ1) is 24.4. The Morgan fingerprint density at radius 1 is 1.03 bits per heavy atom. The minimum Gasteiger partial charge on any atom is -0.377 e. The van der Waals surface area contributed by atoms with Gasteiger partial charge >= 0.3 is 6.18 Å². The SMILES string of the molecule is O[C@](Cn1cnnn1)(c1ccc(F)cc1F)C(F)(F)C12CC(c3ccc(NCC(F)(F)F)nc3)(C1)C2. The van der Waals surface area contributed by atoms with E-state index in [1.54, 1.807) is 0 Å². The Hall–Kier alpha value is -3.29. The molecule has 0 amide bonds. The first-order valence-electron chi connectivity index (χ1n) is 10.8. The summed E-state index contributed by atoms with van der Waals surface area (Å²) in [5.41, 5.74) is -5.68. The molecular formula is C22H19F7N6O. The van der Waals surface area contributed by atoms with E-state index in [4.69, 9.17) is 0 Å². The largest absolute Gasteiger partial charge is 0.405 e. The molecule has 36 heavy (non-hydrogen) atoms. The van der Waals surface area contributed by atoms with Gasteiger partial charge in [0.2, 0.25) is 0 Å². The Labute approximate surface area is 199 Å². The lowest BCUT2D eigenvalue weighted by Gasteiger charge is -2.74. The number of halogens is 7. The predicted molar refractivity (Wildman–Crippen MR) is 110 cm³/mol. The number of aliphatic hydroxyl groups is 1. The average Bonchev–Trinajstić information content (AvgIpc) is 3.23. The third-order valence-electron chi connectivity index (χ3n) is 7.22. The van der Waals surface area contributed by atoms with E-state index in [1.165, 1.54) is 18.3 Å². The van der Waals surface area contributed by atoms with Crippen molar-refractivity contribution in [2.75, 3.05) is 11.9 Å². The maximum Gasteiger partial charge on any atom is 0.405 e. The molecule has 0 unspecified atom stereocenters. The van der Waals surface area contributed by atoms with Gasteiger partial charge in [0.1, 0.15) is 30.3 Å². The molecule has 0 spiro atoms. The van der Waals surface area contributed by atoms with Crippen molar-refractivity contribution in [3.05, 3.63) is 65.6 Å². The van der Waals surface area contributed by atoms with Crippen LogP contribution in [-0.2, 0) is 17.6 Å². The summed E-state index contributed by atoms with van der Waals surface area (Å²) in [6.07, 6.45) is -2.28. The molecule has 2 heterocycles. The number of nitrogens with zero attached hydrogens (tertiary/aromatic N) is 5. The molecular weight excluding hydrogens is 497 g/mol. The first-order valence-corrected chi connectivity index (χ1v) is 10.8. The van der Waals surface area contributed by atoms with Crippen LogP contribution in [-0.4, -0.2) is 48.9 Å². The van der Waals surface area contributed by atoms with Gasteiger partial charge in [-0.25, -0.2) is 27.2 Å². The minimum absolute atomic E-state index is 0.00897. The molecule has 7 nitrogen and oxygen atoms in total. The number of rotatable bonds is 8. The van der Waals surface area contributed by atoms with Gasteiger partial charge in [-0.1, -0.05) is 6.07 Å². The van der Waals surface area contributed by atoms with Crippen LogP contribution in [0.15, 0.2) is 42.9 Å². The Morgan fingerprint density at radius 3 is 2.31 bits per heavy atom. The molecule has 192 valence electrons. The molecule has 6 rings (SSSR count). The molecule has 1 aromatic carbocycles. The highest BCUT2D eigenvalue weighted by Gasteiger charge is 2.82. The van der Waals surface area contributed by atoms with Gasteiger partial charge in [0.15, 0.2) is 5.60 Å². The van der Waals surface area contributed by atoms with E-state index in [-0.39, 0.29) is 25.1 Å². The summed E-state index contributed by atoms with van der Waals surface area (Å²) in [6, 6.07) is 4.84. The molecule has 0 saturated heterocycles. The van der Waals surface area contributed by atoms with Crippen molar-refractivity contribution >= 4 is 5.82 Å². The summed E-state index contributed by atoms with van der Waals surface area (Å²) in [5.74, 6) is -6.22. The zero-order chi connectivity index (χ0) is 26.0. The highest BCUT2D eigenvalue weighted by atomic mass is 19.4. The van der Waals surface area contributed by atoms with E-state index >= 15 is 8.78 Å². The standard InChI is InChI=1S/C22H19F7N6O/c23-14-2-3-15(16(24)5-14)20(36,11-35-12-32-33-34-35)22(28,29)19-7-18(8-19,9-19)13-1-4-17(30-6-13)31-10-21(25,26)27/h1-6,12,36H,7-11H2,(H,30,31)/t18?,19?,20-/m1/s1. The third-order valence-corrected chi connectivity index (χ3v) is 7.22. The molecule has 1 atom stereocenters. The van der Waals surface area contributed by atoms with Crippen molar-refractivity contribution in [2.45, 2.75) is 48.9 Å². The normalized spacial score (nSPS) is 25.0. The number of benzene rings is 1. The minimum atomic E-state index is -4.42. The molecule has 3 fully saturated rings. The highest BCUT2D eigenvalue weighted by molar-refractivity contribution is 5.45. The fraction of sp³-hybridized carbons (Fsp3) is 0.455. The number of anilines is 1. The number of alkyl halides is 5. The second-order valence-corrected chi connectivity index (χ2v) is 9.56. The van der Waals surface area contributed by atoms with Crippen LogP contribution in [0, 0.1) is 17.0 Å². The van der Waals surface area contributed by atoms with Crippen LogP contribution in [0.3, 0.4) is 0 Å². The van der Waals surface area contributed by atoms with Gasteiger partial charge in [0.25, 0.3) is 5.92 Å². The van der Waals surface area contributed by atoms with Gasteiger partial charge in [-0.2, -0.15) is 13.2 Å². The lowest BCUT2D eigenvalue weighted by atomic mass is 9.30. The van der Waals surface area contributed by atoms with Gasteiger partial charge in [-0.15, -0.1) is 5.10 Å². The fourth-order valence-corrected chi connectivity index (χ4v) is 5.53.